The number of thioether (sulfide) groups is 1. The number of hydrogen-bond donors (Lipinski definition) is 2. The average molecular weight is 526 g/mol. The van der Waals surface area contributed by atoms with E-state index >= 15 is 0 Å². The first kappa shape index (κ1) is 23.2. The van der Waals surface area contributed by atoms with Crippen molar-refractivity contribution in [2.24, 2.45) is 4.99 Å². The summed E-state index contributed by atoms with van der Waals surface area (Å²) in [5.74, 6) is -0.701. The fraction of sp³-hybridized carbons (Fsp3) is 0.190. The van der Waals surface area contributed by atoms with Gasteiger partial charge in [-0.1, -0.05) is 11.6 Å². The van der Waals surface area contributed by atoms with Crippen molar-refractivity contribution in [2.75, 3.05) is 13.2 Å². The zero-order valence-corrected chi connectivity index (χ0v) is 19.7. The van der Waals surface area contributed by atoms with E-state index in [-0.39, 0.29) is 11.7 Å². The van der Waals surface area contributed by atoms with Crippen molar-refractivity contribution in [2.45, 2.75) is 13.8 Å². The molecule has 1 aliphatic rings. The van der Waals surface area contributed by atoms with Crippen LogP contribution in [-0.4, -0.2) is 35.4 Å². The summed E-state index contributed by atoms with van der Waals surface area (Å²) in [5, 5.41) is 12.7. The zero-order valence-electron chi connectivity index (χ0n) is 16.6. The lowest BCUT2D eigenvalue weighted by molar-refractivity contribution is -0.139. The standard InChI is InChI=1S/C21H18BrClN2O5S/c1-3-29-16-8-12(7-14(22)19(16)30-10-18(26)27)9-17-20(28)25-21(31-17)24-15-5-4-13(23)6-11(15)2/h4-9H,3,10H2,1-2H3,(H,26,27)(H,24,25,28)/b17-9-. The van der Waals surface area contributed by atoms with Crippen LogP contribution in [0.2, 0.25) is 5.02 Å². The Kier molecular flexibility index (Phi) is 7.64. The second-order valence-electron chi connectivity index (χ2n) is 6.36. The molecule has 1 amide bonds. The minimum absolute atomic E-state index is 0.268. The van der Waals surface area contributed by atoms with Crippen LogP contribution in [0.25, 0.3) is 6.08 Å². The zero-order chi connectivity index (χ0) is 22.5. The quantitative estimate of drug-likeness (QED) is 0.485. The first-order valence-corrected chi connectivity index (χ1v) is 11.1. The molecule has 0 aliphatic carbocycles. The molecule has 0 spiro atoms. The van der Waals surface area contributed by atoms with Gasteiger partial charge in [0.15, 0.2) is 23.3 Å². The van der Waals surface area contributed by atoms with Crippen molar-refractivity contribution >= 4 is 68.1 Å². The van der Waals surface area contributed by atoms with E-state index in [9.17, 15) is 9.59 Å². The van der Waals surface area contributed by atoms with E-state index in [1.165, 1.54) is 11.8 Å². The van der Waals surface area contributed by atoms with Gasteiger partial charge in [-0.15, -0.1) is 0 Å². The molecule has 1 heterocycles. The number of carbonyl (C=O) groups is 2. The number of halogens is 2. The third-order valence-corrected chi connectivity index (χ3v) is 5.74. The van der Waals surface area contributed by atoms with Crippen LogP contribution < -0.4 is 14.8 Å². The molecule has 0 saturated carbocycles. The Bertz CT molecular complexity index is 1100. The predicted octanol–water partition coefficient (Wildman–Crippen LogP) is 5.16. The number of rotatable bonds is 7. The van der Waals surface area contributed by atoms with Gasteiger partial charge in [-0.2, -0.15) is 0 Å². The Morgan fingerprint density at radius 1 is 1.32 bits per heavy atom. The van der Waals surface area contributed by atoms with E-state index in [4.69, 9.17) is 26.2 Å². The molecule has 1 aliphatic heterocycles. The maximum atomic E-state index is 12.4. The number of ether oxygens (including phenoxy) is 2. The number of nitrogens with zero attached hydrogens (tertiary/aromatic N) is 1. The lowest BCUT2D eigenvalue weighted by atomic mass is 10.2. The molecule has 7 nitrogen and oxygen atoms in total. The first-order chi connectivity index (χ1) is 14.8. The Morgan fingerprint density at radius 3 is 2.77 bits per heavy atom. The van der Waals surface area contributed by atoms with E-state index in [1.54, 1.807) is 36.4 Å². The minimum atomic E-state index is -1.10. The van der Waals surface area contributed by atoms with E-state index < -0.39 is 12.6 Å². The number of benzene rings is 2. The van der Waals surface area contributed by atoms with Crippen LogP contribution in [0.3, 0.4) is 0 Å². The second-order valence-corrected chi connectivity index (χ2v) is 8.68. The SMILES string of the molecule is CCOc1cc(/C=C2\SC(=Nc3ccc(Cl)cc3C)NC2=O)cc(Br)c1OCC(=O)O. The molecule has 10 heteroatoms. The first-order valence-electron chi connectivity index (χ1n) is 9.13. The molecule has 31 heavy (non-hydrogen) atoms. The van der Waals surface area contributed by atoms with Gasteiger partial charge in [-0.05, 0) is 89.1 Å². The number of amides is 1. The molecule has 2 N–H and O–H groups in total. The predicted molar refractivity (Wildman–Crippen MR) is 125 cm³/mol. The molecule has 0 bridgehead atoms. The van der Waals surface area contributed by atoms with Gasteiger partial charge < -0.3 is 19.9 Å². The van der Waals surface area contributed by atoms with Gasteiger partial charge in [0.05, 0.1) is 21.7 Å². The van der Waals surface area contributed by atoms with Crippen molar-refractivity contribution < 1.29 is 24.2 Å². The summed E-state index contributed by atoms with van der Waals surface area (Å²) in [6.45, 7) is 3.57. The highest BCUT2D eigenvalue weighted by Gasteiger charge is 2.24. The maximum absolute atomic E-state index is 12.4. The number of aliphatic carboxylic acids is 1. The van der Waals surface area contributed by atoms with Gasteiger partial charge >= 0.3 is 5.97 Å². The average Bonchev–Trinajstić information content (AvgIpc) is 3.02. The highest BCUT2D eigenvalue weighted by atomic mass is 79.9. The molecular formula is C21H18BrClN2O5S. The molecule has 3 rings (SSSR count). The molecule has 2 aromatic carbocycles. The molecule has 0 atom stereocenters. The van der Waals surface area contributed by atoms with Crippen molar-refractivity contribution in [3.05, 3.63) is 55.9 Å². The molecular weight excluding hydrogens is 508 g/mol. The fourth-order valence-electron chi connectivity index (χ4n) is 2.69. The highest BCUT2D eigenvalue weighted by Crippen LogP contribution is 2.38. The Labute approximate surface area is 196 Å². The smallest absolute Gasteiger partial charge is 0.341 e. The highest BCUT2D eigenvalue weighted by molar-refractivity contribution is 9.10. The van der Waals surface area contributed by atoms with Gasteiger partial charge in [-0.25, -0.2) is 9.79 Å². The number of hydrogen-bond acceptors (Lipinski definition) is 6. The van der Waals surface area contributed by atoms with Crippen molar-refractivity contribution in [3.8, 4) is 11.5 Å². The number of carboxylic acids is 1. The van der Waals surface area contributed by atoms with Gasteiger partial charge in [0.1, 0.15) is 0 Å². The van der Waals surface area contributed by atoms with Crippen LogP contribution in [0.4, 0.5) is 5.69 Å². The minimum Gasteiger partial charge on any atom is -0.490 e. The topological polar surface area (TPSA) is 97.2 Å². The number of nitrogens with one attached hydrogen (secondary N) is 1. The Balaban J connectivity index is 1.87. The molecule has 162 valence electrons. The van der Waals surface area contributed by atoms with E-state index in [1.807, 2.05) is 13.8 Å². The third-order valence-electron chi connectivity index (χ3n) is 4.00. The van der Waals surface area contributed by atoms with Gasteiger partial charge in [-0.3, -0.25) is 4.79 Å². The number of carboxylic acid groups (broad SMARTS) is 1. The van der Waals surface area contributed by atoms with Crippen molar-refractivity contribution in [1.29, 1.82) is 0 Å². The molecule has 0 radical (unpaired) electrons. The summed E-state index contributed by atoms with van der Waals surface area (Å²) in [4.78, 5) is 28.2. The summed E-state index contributed by atoms with van der Waals surface area (Å²) in [7, 11) is 0. The number of aryl methyl sites for hydroxylation is 1. The summed E-state index contributed by atoms with van der Waals surface area (Å²) in [5.41, 5.74) is 2.30. The lowest BCUT2D eigenvalue weighted by Gasteiger charge is -2.13. The van der Waals surface area contributed by atoms with Crippen LogP contribution in [0, 0.1) is 6.92 Å². The van der Waals surface area contributed by atoms with Crippen molar-refractivity contribution in [3.63, 3.8) is 0 Å². The van der Waals surface area contributed by atoms with Gasteiger partial charge in [0.2, 0.25) is 0 Å². The van der Waals surface area contributed by atoms with Gasteiger partial charge in [0.25, 0.3) is 5.91 Å². The Morgan fingerprint density at radius 2 is 2.10 bits per heavy atom. The lowest BCUT2D eigenvalue weighted by Crippen LogP contribution is -2.19. The van der Waals surface area contributed by atoms with Crippen LogP contribution >= 0.6 is 39.3 Å². The number of aliphatic imine (C=N–C) groups is 1. The second kappa shape index (κ2) is 10.2. The number of amidine groups is 1. The molecule has 0 aromatic heterocycles. The van der Waals surface area contributed by atoms with Crippen molar-refractivity contribution in [1.82, 2.24) is 5.32 Å². The third kappa shape index (κ3) is 6.03. The number of carbonyl (C=O) groups excluding carboxylic acids is 1. The van der Waals surface area contributed by atoms with E-state index in [0.717, 1.165) is 11.3 Å². The molecule has 1 fully saturated rings. The molecule has 2 aromatic rings. The summed E-state index contributed by atoms with van der Waals surface area (Å²) in [6, 6.07) is 8.75. The van der Waals surface area contributed by atoms with E-state index in [0.29, 0.717) is 37.5 Å². The Hall–Kier alpha value is -2.49. The summed E-state index contributed by atoms with van der Waals surface area (Å²) >= 11 is 10.6. The largest absolute Gasteiger partial charge is 0.490 e. The summed E-state index contributed by atoms with van der Waals surface area (Å²) < 4.78 is 11.4. The summed E-state index contributed by atoms with van der Waals surface area (Å²) in [6.07, 6.45) is 1.70. The van der Waals surface area contributed by atoms with Gasteiger partial charge in [0, 0.05) is 5.02 Å². The maximum Gasteiger partial charge on any atom is 0.341 e. The van der Waals surface area contributed by atoms with E-state index in [2.05, 4.69) is 26.2 Å². The molecule has 1 saturated heterocycles. The van der Waals surface area contributed by atoms with Crippen LogP contribution in [0.1, 0.15) is 18.1 Å². The monoisotopic (exact) mass is 524 g/mol. The van der Waals surface area contributed by atoms with Crippen LogP contribution in [-0.2, 0) is 9.59 Å². The fourth-order valence-corrected chi connectivity index (χ4v) is 4.33. The van der Waals surface area contributed by atoms with Crippen LogP contribution in [0.5, 0.6) is 11.5 Å². The molecule has 0 unspecified atom stereocenters. The van der Waals surface area contributed by atoms with Crippen LogP contribution in [0.15, 0.2) is 44.7 Å². The normalized spacial score (nSPS) is 15.9.